The monoisotopic (exact) mass is 394 g/mol. The molecule has 2 aromatic rings. The van der Waals surface area contributed by atoms with Crippen molar-refractivity contribution >= 4 is 51.5 Å². The van der Waals surface area contributed by atoms with E-state index in [1.807, 2.05) is 0 Å². The van der Waals surface area contributed by atoms with Gasteiger partial charge in [-0.2, -0.15) is 0 Å². The number of hydrogen-bond donors (Lipinski definition) is 0. The summed E-state index contributed by atoms with van der Waals surface area (Å²) >= 11 is 11.6. The van der Waals surface area contributed by atoms with Crippen molar-refractivity contribution in [2.45, 2.75) is 27.7 Å². The van der Waals surface area contributed by atoms with E-state index in [4.69, 9.17) is 22.2 Å². The third kappa shape index (κ3) is 6.89. The van der Waals surface area contributed by atoms with Gasteiger partial charge in [0.25, 0.3) is 0 Å². The fraction of sp³-hybridized carbons (Fsp3) is 0.333. The Morgan fingerprint density at radius 1 is 0.750 bits per heavy atom. The van der Waals surface area contributed by atoms with E-state index in [1.165, 1.54) is 22.5 Å². The molecule has 0 aromatic heterocycles. The minimum absolute atomic E-state index is 0.328. The van der Waals surface area contributed by atoms with Gasteiger partial charge in [0.1, 0.15) is 0 Å². The first-order chi connectivity index (χ1) is 11.5. The van der Waals surface area contributed by atoms with Gasteiger partial charge >= 0.3 is 18.0 Å². The highest BCUT2D eigenvalue weighted by atomic mass is 35.6. The average molecular weight is 395 g/mol. The first-order valence-corrected chi connectivity index (χ1v) is 11.9. The smallest absolute Gasteiger partial charge is 0.311 e. The van der Waals surface area contributed by atoms with Crippen LogP contribution in [0.5, 0.6) is 0 Å². The molecule has 0 aliphatic heterocycles. The van der Waals surface area contributed by atoms with Crippen molar-refractivity contribution in [1.29, 1.82) is 0 Å². The van der Waals surface area contributed by atoms with E-state index < -0.39 is 0 Å². The van der Waals surface area contributed by atoms with Gasteiger partial charge in [-0.25, -0.2) is 0 Å². The Morgan fingerprint density at radius 2 is 1.29 bits per heavy atom. The zero-order chi connectivity index (χ0) is 17.9. The van der Waals surface area contributed by atoms with Crippen LogP contribution < -0.4 is 9.13 Å². The third-order valence-corrected chi connectivity index (χ3v) is 6.28. The second kappa shape index (κ2) is 11.6. The zero-order valence-electron chi connectivity index (χ0n) is 14.7. The molecule has 0 saturated heterocycles. The van der Waals surface area contributed by atoms with Gasteiger partial charge in [-0.1, -0.05) is 29.8 Å². The Kier molecular flexibility index (Phi) is 10.2. The molecule has 2 nitrogen and oxygen atoms in total. The van der Waals surface area contributed by atoms with Crippen LogP contribution in [0.3, 0.4) is 0 Å². The third-order valence-electron chi connectivity index (χ3n) is 3.50. The molecule has 4 radical (unpaired) electrons. The molecule has 0 spiro atoms. The van der Waals surface area contributed by atoms with Gasteiger partial charge in [-0.15, -0.1) is 22.2 Å². The molecule has 0 aliphatic carbocycles. The summed E-state index contributed by atoms with van der Waals surface area (Å²) in [6.45, 7) is 10.3. The molecule has 0 bridgehead atoms. The van der Waals surface area contributed by atoms with Crippen LogP contribution >= 0.6 is 22.2 Å². The predicted molar refractivity (Wildman–Crippen MR) is 112 cm³/mol. The summed E-state index contributed by atoms with van der Waals surface area (Å²) in [5, 5.41) is 0. The largest absolute Gasteiger partial charge is 0.386 e. The molecule has 0 heterocycles. The highest BCUT2D eigenvalue weighted by Crippen LogP contribution is 2.15. The molecule has 0 N–H and O–H groups in total. The second-order valence-corrected chi connectivity index (χ2v) is 7.76. The van der Waals surface area contributed by atoms with E-state index in [1.54, 1.807) is 0 Å². The maximum Gasteiger partial charge on any atom is 0.311 e. The van der Waals surface area contributed by atoms with Crippen LogP contribution in [0.4, 0.5) is 11.4 Å². The number of aryl methyl sites for hydroxylation is 2. The van der Waals surface area contributed by atoms with Crippen LogP contribution in [0.1, 0.15) is 25.0 Å². The second-order valence-electron chi connectivity index (χ2n) is 5.33. The topological polar surface area (TPSA) is 6.48 Å². The lowest BCUT2D eigenvalue weighted by atomic mass is 10.2. The van der Waals surface area contributed by atoms with Gasteiger partial charge < -0.3 is 9.13 Å². The molecular weight excluding hydrogens is 371 g/mol. The van der Waals surface area contributed by atoms with Gasteiger partial charge in [0, 0.05) is 24.5 Å². The quantitative estimate of drug-likeness (QED) is 0.491. The number of nitrogens with zero attached hydrogens (tertiary/aromatic N) is 2. The summed E-state index contributed by atoms with van der Waals surface area (Å²) in [6, 6.07) is 16.8. The Balaban J connectivity index is 0.000000240. The fourth-order valence-corrected chi connectivity index (χ4v) is 4.13. The summed E-state index contributed by atoms with van der Waals surface area (Å²) < 4.78 is 4.29. The SMILES string of the molecule is CCN([Si]Cl)c1ccc(C)cc1.CCN([Si]Cl)c1cccc(C)c1. The molecule has 2 rings (SSSR count). The minimum atomic E-state index is 0.328. The lowest BCUT2D eigenvalue weighted by molar-refractivity contribution is 1.09. The highest BCUT2D eigenvalue weighted by Gasteiger charge is 2.03. The number of rotatable bonds is 6. The average Bonchev–Trinajstić information content (AvgIpc) is 2.59. The molecule has 0 aliphatic rings. The van der Waals surface area contributed by atoms with Gasteiger partial charge in [0.15, 0.2) is 0 Å². The van der Waals surface area contributed by atoms with Crippen molar-refractivity contribution in [3.05, 3.63) is 59.7 Å². The minimum Gasteiger partial charge on any atom is -0.386 e. The molecule has 0 unspecified atom stereocenters. The van der Waals surface area contributed by atoms with Crippen molar-refractivity contribution in [2.24, 2.45) is 0 Å². The summed E-state index contributed by atoms with van der Waals surface area (Å²) in [5.41, 5.74) is 4.98. The normalized spacial score (nSPS) is 9.92. The zero-order valence-corrected chi connectivity index (χ0v) is 18.2. The van der Waals surface area contributed by atoms with E-state index in [9.17, 15) is 0 Å². The standard InChI is InChI=1S/2C9H12ClNSi/c1-3-11(12-10)9-6-4-8(2)5-7-9;1-3-11(12-10)9-6-4-5-8(2)7-9/h2*4-7H,3H2,1-2H3. The summed E-state index contributed by atoms with van der Waals surface area (Å²) in [7, 11) is 0.657. The van der Waals surface area contributed by atoms with Gasteiger partial charge in [-0.05, 0) is 57.5 Å². The molecule has 128 valence electrons. The van der Waals surface area contributed by atoms with E-state index in [0.717, 1.165) is 13.1 Å². The van der Waals surface area contributed by atoms with E-state index in [2.05, 4.69) is 85.4 Å². The van der Waals surface area contributed by atoms with Crippen LogP contribution in [-0.4, -0.2) is 31.1 Å². The summed E-state index contributed by atoms with van der Waals surface area (Å²) in [6.07, 6.45) is 0. The van der Waals surface area contributed by atoms with Crippen LogP contribution in [0.2, 0.25) is 0 Å². The summed E-state index contributed by atoms with van der Waals surface area (Å²) in [5.74, 6) is 0. The van der Waals surface area contributed by atoms with Crippen LogP contribution in [0.15, 0.2) is 48.5 Å². The molecule has 0 fully saturated rings. The molecule has 0 atom stereocenters. The number of anilines is 2. The van der Waals surface area contributed by atoms with Crippen LogP contribution in [0, 0.1) is 13.8 Å². The Hall–Kier alpha value is -0.946. The maximum atomic E-state index is 5.81. The number of hydrogen-bond acceptors (Lipinski definition) is 2. The Morgan fingerprint density at radius 3 is 1.75 bits per heavy atom. The van der Waals surface area contributed by atoms with E-state index in [0.29, 0.717) is 18.0 Å². The first kappa shape index (κ1) is 21.1. The Labute approximate surface area is 161 Å². The van der Waals surface area contributed by atoms with Crippen molar-refractivity contribution in [2.75, 3.05) is 22.2 Å². The highest BCUT2D eigenvalue weighted by molar-refractivity contribution is 6.96. The molecule has 6 heteroatoms. The van der Waals surface area contributed by atoms with E-state index >= 15 is 0 Å². The van der Waals surface area contributed by atoms with Gasteiger partial charge in [0.05, 0.1) is 0 Å². The summed E-state index contributed by atoms with van der Waals surface area (Å²) in [4.78, 5) is 0. The van der Waals surface area contributed by atoms with Crippen molar-refractivity contribution in [1.82, 2.24) is 0 Å². The number of halogens is 2. The van der Waals surface area contributed by atoms with Crippen LogP contribution in [-0.2, 0) is 0 Å². The molecule has 24 heavy (non-hydrogen) atoms. The molecule has 0 amide bonds. The Bertz CT molecular complexity index is 586. The maximum absolute atomic E-state index is 5.81. The fourth-order valence-electron chi connectivity index (χ4n) is 2.10. The lowest BCUT2D eigenvalue weighted by Gasteiger charge is -2.18. The van der Waals surface area contributed by atoms with Crippen molar-refractivity contribution in [3.63, 3.8) is 0 Å². The molecule has 0 saturated carbocycles. The lowest BCUT2D eigenvalue weighted by Crippen LogP contribution is -2.23. The predicted octanol–water partition coefficient (Wildman–Crippen LogP) is 5.19. The number of benzene rings is 2. The van der Waals surface area contributed by atoms with Crippen molar-refractivity contribution in [3.8, 4) is 0 Å². The molecular formula is C18H24Cl2N2Si2. The van der Waals surface area contributed by atoms with Gasteiger partial charge in [0.2, 0.25) is 0 Å². The first-order valence-electron chi connectivity index (χ1n) is 7.96. The van der Waals surface area contributed by atoms with Gasteiger partial charge in [-0.3, -0.25) is 0 Å². The van der Waals surface area contributed by atoms with Crippen LogP contribution in [0.25, 0.3) is 0 Å². The van der Waals surface area contributed by atoms with E-state index in [-0.39, 0.29) is 0 Å². The van der Waals surface area contributed by atoms with Crippen molar-refractivity contribution < 1.29 is 0 Å². The molecule has 2 aromatic carbocycles.